The van der Waals surface area contributed by atoms with Crippen LogP contribution in [0.25, 0.3) is 33.4 Å². The van der Waals surface area contributed by atoms with Crippen molar-refractivity contribution < 1.29 is 0 Å². The standard InChI is InChI=1S/C54H49N/c1-2-9-37(10-3-1)38-19-23-42(24-20-38)55(43-25-26-46-44-11-4-6-14-48(44)53(50(46)32-43)33-35-18-21-39(53)29-35)51-16-8-13-47-45-12-5-7-15-49(45)54(52(47)51)40-22-17-34-27-36(30-40)31-41(54)28-34/h1-16,19-20,23-26,32,34-36,39-41H,17-18,21-22,27-31,33H2. The van der Waals surface area contributed by atoms with Gasteiger partial charge in [0.25, 0.3) is 0 Å². The van der Waals surface area contributed by atoms with Crippen molar-refractivity contribution in [3.63, 3.8) is 0 Å². The van der Waals surface area contributed by atoms with Crippen LogP contribution in [0.5, 0.6) is 0 Å². The van der Waals surface area contributed by atoms with Crippen molar-refractivity contribution in [2.24, 2.45) is 35.5 Å². The molecule has 6 fully saturated rings. The Morgan fingerprint density at radius 3 is 1.87 bits per heavy atom. The summed E-state index contributed by atoms with van der Waals surface area (Å²) in [5.41, 5.74) is 19.2. The molecule has 8 atom stereocenters. The van der Waals surface area contributed by atoms with E-state index < -0.39 is 0 Å². The predicted molar refractivity (Wildman–Crippen MR) is 226 cm³/mol. The Kier molecular flexibility index (Phi) is 6.47. The monoisotopic (exact) mass is 711 g/mol. The van der Waals surface area contributed by atoms with E-state index in [2.05, 4.69) is 144 Å². The average Bonchev–Trinajstić information content (AvgIpc) is 3.96. The van der Waals surface area contributed by atoms with E-state index in [-0.39, 0.29) is 10.8 Å². The van der Waals surface area contributed by atoms with Crippen LogP contribution in [0.1, 0.15) is 86.5 Å². The highest BCUT2D eigenvalue weighted by Crippen LogP contribution is 2.70. The molecule has 14 rings (SSSR count). The number of fused-ring (bicyclic) bond motifs is 12. The van der Waals surface area contributed by atoms with E-state index >= 15 is 0 Å². The van der Waals surface area contributed by atoms with Crippen LogP contribution in [0.15, 0.2) is 140 Å². The van der Waals surface area contributed by atoms with E-state index in [1.165, 1.54) is 115 Å². The molecule has 270 valence electrons. The molecule has 0 N–H and O–H groups in total. The predicted octanol–water partition coefficient (Wildman–Crippen LogP) is 14.0. The number of anilines is 3. The van der Waals surface area contributed by atoms with E-state index in [9.17, 15) is 0 Å². The van der Waals surface area contributed by atoms with Crippen LogP contribution in [0.4, 0.5) is 17.1 Å². The molecule has 1 nitrogen and oxygen atoms in total. The average molecular weight is 712 g/mol. The van der Waals surface area contributed by atoms with Gasteiger partial charge in [-0.3, -0.25) is 0 Å². The van der Waals surface area contributed by atoms with Gasteiger partial charge in [0.15, 0.2) is 0 Å². The summed E-state index contributed by atoms with van der Waals surface area (Å²) in [7, 11) is 0. The lowest BCUT2D eigenvalue weighted by Crippen LogP contribution is -2.48. The third-order valence-electron chi connectivity index (χ3n) is 16.6. The zero-order valence-corrected chi connectivity index (χ0v) is 31.8. The minimum atomic E-state index is 0.0647. The van der Waals surface area contributed by atoms with E-state index in [0.29, 0.717) is 11.8 Å². The molecule has 0 radical (unpaired) electrons. The lowest BCUT2D eigenvalue weighted by atomic mass is 9.50. The van der Waals surface area contributed by atoms with Crippen LogP contribution in [-0.4, -0.2) is 0 Å². The van der Waals surface area contributed by atoms with Gasteiger partial charge in [0.2, 0.25) is 0 Å². The molecular formula is C54H49N. The smallest absolute Gasteiger partial charge is 0.0509 e. The number of benzene rings is 6. The topological polar surface area (TPSA) is 3.24 Å². The zero-order valence-electron chi connectivity index (χ0n) is 31.8. The van der Waals surface area contributed by atoms with Crippen molar-refractivity contribution in [2.45, 2.75) is 75.0 Å². The SMILES string of the molecule is c1ccc(-c2ccc(N(c3ccc4c(c3)C3(CC5CCC3C5)c3ccccc3-4)c3cccc4c3C3(c5ccccc5-4)C4CCC5CC(C4)CC3C5)cc2)cc1. The molecule has 6 aromatic carbocycles. The highest BCUT2D eigenvalue weighted by Gasteiger charge is 2.61. The van der Waals surface area contributed by atoms with Crippen molar-refractivity contribution in [1.29, 1.82) is 0 Å². The second-order valence-corrected chi connectivity index (χ2v) is 18.8. The quantitative estimate of drug-likeness (QED) is 0.176. The molecule has 8 unspecified atom stereocenters. The fourth-order valence-electron chi connectivity index (χ4n) is 14.9. The molecular weight excluding hydrogens is 663 g/mol. The zero-order chi connectivity index (χ0) is 35.9. The Hall–Kier alpha value is -4.88. The normalized spacial score (nSPS) is 31.1. The van der Waals surface area contributed by atoms with Gasteiger partial charge < -0.3 is 4.90 Å². The highest BCUT2D eigenvalue weighted by molar-refractivity contribution is 5.93. The summed E-state index contributed by atoms with van der Waals surface area (Å²) in [4.78, 5) is 2.72. The van der Waals surface area contributed by atoms with Gasteiger partial charge in [-0.15, -0.1) is 0 Å². The van der Waals surface area contributed by atoms with Crippen molar-refractivity contribution in [3.8, 4) is 33.4 Å². The van der Waals surface area contributed by atoms with Crippen LogP contribution in [0.2, 0.25) is 0 Å². The minimum Gasteiger partial charge on any atom is -0.310 e. The first-order valence-electron chi connectivity index (χ1n) is 21.6. The lowest BCUT2D eigenvalue weighted by molar-refractivity contribution is 0.0621. The Bertz CT molecular complexity index is 2500. The molecule has 0 aliphatic heterocycles. The van der Waals surface area contributed by atoms with Crippen LogP contribution >= 0.6 is 0 Å². The number of nitrogens with zero attached hydrogens (tertiary/aromatic N) is 1. The van der Waals surface area contributed by atoms with E-state index in [4.69, 9.17) is 0 Å². The highest BCUT2D eigenvalue weighted by atomic mass is 15.1. The molecule has 8 aliphatic carbocycles. The van der Waals surface area contributed by atoms with Crippen LogP contribution in [0, 0.1) is 35.5 Å². The Morgan fingerprint density at radius 1 is 0.418 bits per heavy atom. The van der Waals surface area contributed by atoms with E-state index in [1.54, 1.807) is 22.3 Å². The van der Waals surface area contributed by atoms with Crippen LogP contribution in [-0.2, 0) is 10.8 Å². The van der Waals surface area contributed by atoms with Gasteiger partial charge >= 0.3 is 0 Å². The van der Waals surface area contributed by atoms with Gasteiger partial charge in [0, 0.05) is 22.2 Å². The second-order valence-electron chi connectivity index (χ2n) is 18.8. The minimum absolute atomic E-state index is 0.0647. The molecule has 0 heterocycles. The summed E-state index contributed by atoms with van der Waals surface area (Å²) in [6, 6.07) is 54.6. The van der Waals surface area contributed by atoms with Crippen molar-refractivity contribution >= 4 is 17.1 Å². The number of hydrogen-bond donors (Lipinski definition) is 0. The maximum absolute atomic E-state index is 2.72. The Morgan fingerprint density at radius 2 is 1.05 bits per heavy atom. The van der Waals surface area contributed by atoms with Crippen LogP contribution in [0.3, 0.4) is 0 Å². The first kappa shape index (κ1) is 31.3. The molecule has 2 spiro atoms. The van der Waals surface area contributed by atoms with Gasteiger partial charge in [0.1, 0.15) is 0 Å². The number of hydrogen-bond acceptors (Lipinski definition) is 1. The van der Waals surface area contributed by atoms with E-state index in [0.717, 1.165) is 23.7 Å². The Labute approximate surface area is 326 Å². The van der Waals surface area contributed by atoms with Crippen molar-refractivity contribution in [3.05, 3.63) is 162 Å². The summed E-state index contributed by atoms with van der Waals surface area (Å²) in [5, 5.41) is 0. The molecule has 6 aromatic rings. The Balaban J connectivity index is 1.06. The van der Waals surface area contributed by atoms with Gasteiger partial charge in [-0.2, -0.15) is 0 Å². The van der Waals surface area contributed by atoms with Gasteiger partial charge in [0.05, 0.1) is 5.69 Å². The van der Waals surface area contributed by atoms with Crippen LogP contribution < -0.4 is 4.90 Å². The number of rotatable bonds is 4. The molecule has 6 bridgehead atoms. The van der Waals surface area contributed by atoms with Gasteiger partial charge in [-0.05, 0) is 173 Å². The molecule has 0 saturated heterocycles. The maximum atomic E-state index is 2.72. The molecule has 8 aliphatic rings. The summed E-state index contributed by atoms with van der Waals surface area (Å²) >= 11 is 0. The molecule has 0 amide bonds. The summed E-state index contributed by atoms with van der Waals surface area (Å²) in [6.45, 7) is 0. The van der Waals surface area contributed by atoms with Gasteiger partial charge in [-0.1, -0.05) is 122 Å². The third kappa shape index (κ3) is 4.10. The molecule has 1 heteroatoms. The maximum Gasteiger partial charge on any atom is 0.0509 e. The summed E-state index contributed by atoms with van der Waals surface area (Å²) in [6.07, 6.45) is 13.9. The second kappa shape index (κ2) is 11.3. The largest absolute Gasteiger partial charge is 0.310 e. The van der Waals surface area contributed by atoms with Crippen molar-refractivity contribution in [1.82, 2.24) is 0 Å². The molecule has 0 aromatic heterocycles. The first-order chi connectivity index (χ1) is 27.2. The summed E-state index contributed by atoms with van der Waals surface area (Å²) < 4.78 is 0. The fraction of sp³-hybridized carbons (Fsp3) is 0.333. The van der Waals surface area contributed by atoms with Crippen molar-refractivity contribution in [2.75, 3.05) is 4.90 Å². The third-order valence-corrected chi connectivity index (χ3v) is 16.6. The van der Waals surface area contributed by atoms with Gasteiger partial charge in [-0.25, -0.2) is 0 Å². The molecule has 55 heavy (non-hydrogen) atoms. The summed E-state index contributed by atoms with van der Waals surface area (Å²) in [5.74, 6) is 4.80. The first-order valence-corrected chi connectivity index (χ1v) is 21.6. The lowest BCUT2D eigenvalue weighted by Gasteiger charge is -2.53. The van der Waals surface area contributed by atoms with E-state index in [1.807, 2.05) is 0 Å². The molecule has 6 saturated carbocycles. The fourth-order valence-corrected chi connectivity index (χ4v) is 14.9.